The van der Waals surface area contributed by atoms with E-state index in [2.05, 4.69) is 20.1 Å². The van der Waals surface area contributed by atoms with E-state index in [1.165, 1.54) is 10.6 Å². The van der Waals surface area contributed by atoms with Crippen LogP contribution in [0.2, 0.25) is 0 Å². The summed E-state index contributed by atoms with van der Waals surface area (Å²) >= 11 is 0. The number of nitrogens with zero attached hydrogens (tertiary/aromatic N) is 7. The molecule has 2 N–H and O–H groups in total. The molecule has 11 heteroatoms. The number of likely N-dealkylation sites (tertiary alicyclic amines) is 1. The number of benzene rings is 1. The second-order valence-corrected chi connectivity index (χ2v) is 8.13. The van der Waals surface area contributed by atoms with Crippen LogP contribution in [0.4, 0.5) is 14.7 Å². The van der Waals surface area contributed by atoms with Crippen molar-refractivity contribution < 1.29 is 13.6 Å². The molecule has 3 aromatic heterocycles. The van der Waals surface area contributed by atoms with Crippen molar-refractivity contribution >= 4 is 28.4 Å². The van der Waals surface area contributed by atoms with E-state index in [0.29, 0.717) is 18.1 Å². The standard InChI is InChI=1S/C21H22F2N8O/c1-3-29-9-16(25-10-29)20(32)30-8-12(5-4-11(30)2)18-27-19-14-6-13(22)7-15(23)17(14)26-21(24)31(19)28-18/h6-7,9-12H,3-5,8H2,1-2H3,(H2,24,26)/t11-,12+/m0/s1. The molecule has 0 aliphatic carbocycles. The summed E-state index contributed by atoms with van der Waals surface area (Å²) in [6.07, 6.45) is 4.91. The van der Waals surface area contributed by atoms with Crippen LogP contribution in [0.25, 0.3) is 16.6 Å². The average molecular weight is 440 g/mol. The number of piperidine rings is 1. The topological polar surface area (TPSA) is 107 Å². The molecule has 32 heavy (non-hydrogen) atoms. The molecular weight excluding hydrogens is 418 g/mol. The summed E-state index contributed by atoms with van der Waals surface area (Å²) in [5.74, 6) is -1.43. The number of aryl methyl sites for hydroxylation is 1. The van der Waals surface area contributed by atoms with Gasteiger partial charge in [-0.2, -0.15) is 4.52 Å². The zero-order valence-electron chi connectivity index (χ0n) is 17.7. The molecule has 1 aliphatic heterocycles. The number of rotatable bonds is 3. The van der Waals surface area contributed by atoms with E-state index in [0.717, 1.165) is 25.5 Å². The van der Waals surface area contributed by atoms with Gasteiger partial charge in [0.15, 0.2) is 17.3 Å². The van der Waals surface area contributed by atoms with Crippen molar-refractivity contribution in [3.63, 3.8) is 0 Å². The number of anilines is 1. The van der Waals surface area contributed by atoms with Gasteiger partial charge in [-0.25, -0.2) is 23.7 Å². The number of carbonyl (C=O) groups is 1. The van der Waals surface area contributed by atoms with Gasteiger partial charge in [-0.15, -0.1) is 5.10 Å². The fraction of sp³-hybridized carbons (Fsp3) is 0.381. The first-order chi connectivity index (χ1) is 15.4. The molecule has 0 saturated carbocycles. The molecule has 0 spiro atoms. The van der Waals surface area contributed by atoms with Crippen LogP contribution < -0.4 is 5.73 Å². The van der Waals surface area contributed by atoms with Crippen molar-refractivity contribution in [1.82, 2.24) is 34.0 Å². The molecule has 4 heterocycles. The fourth-order valence-electron chi connectivity index (χ4n) is 4.24. The van der Waals surface area contributed by atoms with Crippen LogP contribution in [-0.4, -0.2) is 52.5 Å². The van der Waals surface area contributed by atoms with Gasteiger partial charge in [-0.3, -0.25) is 4.79 Å². The molecule has 1 aliphatic rings. The van der Waals surface area contributed by atoms with Gasteiger partial charge in [0.2, 0.25) is 5.95 Å². The van der Waals surface area contributed by atoms with Gasteiger partial charge in [0.05, 0.1) is 11.7 Å². The molecule has 2 atom stereocenters. The van der Waals surface area contributed by atoms with E-state index in [1.807, 2.05) is 18.4 Å². The monoisotopic (exact) mass is 440 g/mol. The molecule has 1 aromatic carbocycles. The van der Waals surface area contributed by atoms with Crippen molar-refractivity contribution in [3.8, 4) is 0 Å². The third-order valence-electron chi connectivity index (χ3n) is 6.06. The average Bonchev–Trinajstić information content (AvgIpc) is 3.42. The number of imidazole rings is 1. The second kappa shape index (κ2) is 7.50. The number of halogens is 2. The molecule has 9 nitrogen and oxygen atoms in total. The highest BCUT2D eigenvalue weighted by Crippen LogP contribution is 2.31. The maximum absolute atomic E-state index is 14.2. The highest BCUT2D eigenvalue weighted by atomic mass is 19.1. The molecular formula is C21H22F2N8O. The maximum Gasteiger partial charge on any atom is 0.274 e. The van der Waals surface area contributed by atoms with Crippen molar-refractivity contribution in [2.75, 3.05) is 12.3 Å². The van der Waals surface area contributed by atoms with Gasteiger partial charge in [-0.05, 0) is 32.8 Å². The van der Waals surface area contributed by atoms with Gasteiger partial charge in [0.1, 0.15) is 17.0 Å². The summed E-state index contributed by atoms with van der Waals surface area (Å²) in [5.41, 5.74) is 6.55. The van der Waals surface area contributed by atoms with Gasteiger partial charge in [-0.1, -0.05) is 0 Å². The Morgan fingerprint density at radius 1 is 1.25 bits per heavy atom. The minimum Gasteiger partial charge on any atom is -0.368 e. The van der Waals surface area contributed by atoms with Gasteiger partial charge in [0.25, 0.3) is 5.91 Å². The van der Waals surface area contributed by atoms with Crippen molar-refractivity contribution in [2.24, 2.45) is 0 Å². The Balaban J connectivity index is 1.51. The number of aromatic nitrogens is 6. The van der Waals surface area contributed by atoms with Crippen LogP contribution in [0.1, 0.15) is 48.9 Å². The largest absolute Gasteiger partial charge is 0.368 e. The summed E-state index contributed by atoms with van der Waals surface area (Å²) in [6, 6.07) is 1.97. The molecule has 0 unspecified atom stereocenters. The quantitative estimate of drug-likeness (QED) is 0.525. The van der Waals surface area contributed by atoms with Gasteiger partial charge in [0, 0.05) is 37.3 Å². The molecule has 5 rings (SSSR count). The Hall–Kier alpha value is -3.63. The number of nitrogen functional groups attached to an aromatic ring is 1. The van der Waals surface area contributed by atoms with Crippen LogP contribution >= 0.6 is 0 Å². The number of hydrogen-bond donors (Lipinski definition) is 1. The Morgan fingerprint density at radius 2 is 2.06 bits per heavy atom. The Kier molecular flexibility index (Phi) is 4.75. The van der Waals surface area contributed by atoms with Crippen molar-refractivity contribution in [1.29, 1.82) is 0 Å². The fourth-order valence-corrected chi connectivity index (χ4v) is 4.24. The lowest BCUT2D eigenvalue weighted by atomic mass is 9.92. The first-order valence-corrected chi connectivity index (χ1v) is 10.5. The Bertz CT molecular complexity index is 1350. The third-order valence-corrected chi connectivity index (χ3v) is 6.06. The lowest BCUT2D eigenvalue weighted by molar-refractivity contribution is 0.0600. The summed E-state index contributed by atoms with van der Waals surface area (Å²) < 4.78 is 31.2. The van der Waals surface area contributed by atoms with Crippen LogP contribution in [0.3, 0.4) is 0 Å². The molecule has 0 bridgehead atoms. The molecule has 1 saturated heterocycles. The Morgan fingerprint density at radius 3 is 2.81 bits per heavy atom. The highest BCUT2D eigenvalue weighted by molar-refractivity contribution is 5.93. The van der Waals surface area contributed by atoms with E-state index in [-0.39, 0.29) is 40.4 Å². The van der Waals surface area contributed by atoms with E-state index >= 15 is 0 Å². The van der Waals surface area contributed by atoms with E-state index in [4.69, 9.17) is 5.73 Å². The maximum atomic E-state index is 14.2. The normalized spacial score (nSPS) is 19.2. The zero-order valence-corrected chi connectivity index (χ0v) is 17.7. The van der Waals surface area contributed by atoms with Crippen LogP contribution in [0, 0.1) is 11.6 Å². The number of fused-ring (bicyclic) bond motifs is 3. The molecule has 0 radical (unpaired) electrons. The number of hydrogen-bond acceptors (Lipinski definition) is 6. The zero-order chi connectivity index (χ0) is 22.6. The first-order valence-electron chi connectivity index (χ1n) is 10.5. The van der Waals surface area contributed by atoms with E-state index in [9.17, 15) is 13.6 Å². The number of carbonyl (C=O) groups excluding carboxylic acids is 1. The third kappa shape index (κ3) is 3.24. The van der Waals surface area contributed by atoms with Crippen LogP contribution in [0.15, 0.2) is 24.7 Å². The SMILES string of the molecule is CCn1cnc(C(=O)N2C[C@H](c3nc4c5cc(F)cc(F)c5nc(N)n4n3)CC[C@@H]2C)c1. The van der Waals surface area contributed by atoms with Gasteiger partial charge >= 0.3 is 0 Å². The first kappa shape index (κ1) is 20.3. The van der Waals surface area contributed by atoms with Crippen molar-refractivity contribution in [2.45, 2.75) is 45.2 Å². The summed E-state index contributed by atoms with van der Waals surface area (Å²) in [5, 5.41) is 4.66. The van der Waals surface area contributed by atoms with E-state index < -0.39 is 11.6 Å². The number of nitrogens with two attached hydrogens (primary N) is 1. The van der Waals surface area contributed by atoms with Crippen molar-refractivity contribution in [3.05, 3.63) is 47.8 Å². The number of amides is 1. The summed E-state index contributed by atoms with van der Waals surface area (Å²) in [4.78, 5) is 27.7. The molecule has 166 valence electrons. The van der Waals surface area contributed by atoms with Gasteiger partial charge < -0.3 is 15.2 Å². The lowest BCUT2D eigenvalue weighted by Gasteiger charge is -2.36. The summed E-state index contributed by atoms with van der Waals surface area (Å²) in [6.45, 7) is 5.12. The van der Waals surface area contributed by atoms with Crippen LogP contribution in [-0.2, 0) is 6.54 Å². The second-order valence-electron chi connectivity index (χ2n) is 8.13. The van der Waals surface area contributed by atoms with Crippen LogP contribution in [0.5, 0.6) is 0 Å². The minimum atomic E-state index is -0.812. The van der Waals surface area contributed by atoms with E-state index in [1.54, 1.807) is 17.4 Å². The predicted octanol–water partition coefficient (Wildman–Crippen LogP) is 2.76. The molecule has 4 aromatic rings. The minimum absolute atomic E-state index is 0.0401. The molecule has 1 fully saturated rings. The predicted molar refractivity (Wildman–Crippen MR) is 113 cm³/mol. The highest BCUT2D eigenvalue weighted by Gasteiger charge is 2.33. The summed E-state index contributed by atoms with van der Waals surface area (Å²) in [7, 11) is 0. The lowest BCUT2D eigenvalue weighted by Crippen LogP contribution is -2.45. The Labute approximate surface area is 181 Å². The smallest absolute Gasteiger partial charge is 0.274 e. The molecule has 1 amide bonds.